The normalized spacial score (nSPS) is 19.0. The van der Waals surface area contributed by atoms with Gasteiger partial charge in [0.1, 0.15) is 0 Å². The lowest BCUT2D eigenvalue weighted by molar-refractivity contribution is 0.160. The molecule has 1 fully saturated rings. The first-order valence-corrected chi connectivity index (χ1v) is 7.54. The van der Waals surface area contributed by atoms with Crippen molar-refractivity contribution in [1.29, 1.82) is 0 Å². The lowest BCUT2D eigenvalue weighted by Crippen LogP contribution is -2.36. The third kappa shape index (κ3) is 3.75. The van der Waals surface area contributed by atoms with E-state index in [0.717, 1.165) is 38.2 Å². The summed E-state index contributed by atoms with van der Waals surface area (Å²) < 4.78 is 0. The number of nitrogens with zero attached hydrogens (tertiary/aromatic N) is 5. The topological polar surface area (TPSA) is 87.1 Å². The number of aliphatic hydroxyl groups is 1. The van der Waals surface area contributed by atoms with Crippen LogP contribution in [-0.2, 0) is 0 Å². The van der Waals surface area contributed by atoms with Crippen LogP contribution in [0.25, 0.3) is 0 Å². The number of aliphatic hydroxyl groups excluding tert-OH is 1. The summed E-state index contributed by atoms with van der Waals surface area (Å²) in [5, 5.41) is 12.2. The van der Waals surface area contributed by atoms with E-state index in [-0.39, 0.29) is 6.61 Å². The molecule has 0 aliphatic carbocycles. The van der Waals surface area contributed by atoms with Gasteiger partial charge in [-0.2, -0.15) is 0 Å². The van der Waals surface area contributed by atoms with Crippen LogP contribution >= 0.6 is 0 Å². The van der Waals surface area contributed by atoms with Crippen molar-refractivity contribution in [2.45, 2.75) is 18.8 Å². The Morgan fingerprint density at radius 3 is 3.05 bits per heavy atom. The number of β-amino-alcohol motifs (C(OH)–C–C–N with tert-alkyl or cyclic N) is 1. The maximum Gasteiger partial charge on any atom is 0.228 e. The van der Waals surface area contributed by atoms with Crippen LogP contribution in [0.3, 0.4) is 0 Å². The average molecular weight is 300 g/mol. The molecule has 1 unspecified atom stereocenters. The predicted octanol–water partition coefficient (Wildman–Crippen LogP) is 1.18. The highest BCUT2D eigenvalue weighted by Gasteiger charge is 2.22. The molecule has 7 heteroatoms. The van der Waals surface area contributed by atoms with Gasteiger partial charge >= 0.3 is 0 Å². The fourth-order valence-electron chi connectivity index (χ4n) is 2.78. The van der Waals surface area contributed by atoms with E-state index in [1.165, 1.54) is 0 Å². The molecule has 0 aromatic carbocycles. The van der Waals surface area contributed by atoms with Gasteiger partial charge in [0.25, 0.3) is 0 Å². The molecule has 1 aliphatic heterocycles. The molecular formula is C15H20N6O. The molecular weight excluding hydrogens is 280 g/mol. The van der Waals surface area contributed by atoms with Crippen LogP contribution in [0.2, 0.25) is 0 Å². The first-order chi connectivity index (χ1) is 10.8. The van der Waals surface area contributed by atoms with Gasteiger partial charge in [0.2, 0.25) is 5.95 Å². The van der Waals surface area contributed by atoms with Crippen LogP contribution < -0.4 is 5.32 Å². The van der Waals surface area contributed by atoms with Crippen LogP contribution in [0.5, 0.6) is 0 Å². The van der Waals surface area contributed by atoms with Gasteiger partial charge in [0.05, 0.1) is 18.5 Å². The van der Waals surface area contributed by atoms with Gasteiger partial charge in [0, 0.05) is 37.6 Å². The van der Waals surface area contributed by atoms with Gasteiger partial charge in [0.15, 0.2) is 5.82 Å². The molecule has 2 N–H and O–H groups in total. The van der Waals surface area contributed by atoms with Crippen molar-refractivity contribution in [1.82, 2.24) is 24.8 Å². The molecule has 7 nitrogen and oxygen atoms in total. The smallest absolute Gasteiger partial charge is 0.228 e. The van der Waals surface area contributed by atoms with Crippen LogP contribution in [-0.4, -0.2) is 56.2 Å². The highest BCUT2D eigenvalue weighted by molar-refractivity contribution is 5.45. The lowest BCUT2D eigenvalue weighted by atomic mass is 9.94. The molecule has 2 aromatic heterocycles. The Kier molecular flexibility index (Phi) is 4.87. The number of piperidine rings is 1. The maximum absolute atomic E-state index is 9.09. The second-order valence-corrected chi connectivity index (χ2v) is 5.38. The van der Waals surface area contributed by atoms with Gasteiger partial charge in [-0.1, -0.05) is 0 Å². The quantitative estimate of drug-likeness (QED) is 0.857. The molecule has 22 heavy (non-hydrogen) atoms. The summed E-state index contributed by atoms with van der Waals surface area (Å²) in [5.74, 6) is 1.55. The number of likely N-dealkylation sites (tertiary alicyclic amines) is 1. The van der Waals surface area contributed by atoms with E-state index in [0.29, 0.717) is 17.7 Å². The van der Waals surface area contributed by atoms with E-state index < -0.39 is 0 Å². The monoisotopic (exact) mass is 300 g/mol. The molecule has 0 amide bonds. The summed E-state index contributed by atoms with van der Waals surface area (Å²) in [6, 6.07) is 1.97. The Morgan fingerprint density at radius 2 is 2.23 bits per heavy atom. The van der Waals surface area contributed by atoms with Crippen molar-refractivity contribution in [3.05, 3.63) is 36.5 Å². The number of hydrogen-bond acceptors (Lipinski definition) is 7. The molecule has 0 radical (unpaired) electrons. The van der Waals surface area contributed by atoms with Crippen LogP contribution in [0.4, 0.5) is 11.8 Å². The van der Waals surface area contributed by atoms with Gasteiger partial charge in [-0.3, -0.25) is 4.98 Å². The molecule has 3 rings (SSSR count). The van der Waals surface area contributed by atoms with Crippen LogP contribution in [0.1, 0.15) is 24.5 Å². The molecule has 1 saturated heterocycles. The zero-order valence-corrected chi connectivity index (χ0v) is 12.4. The molecule has 0 bridgehead atoms. The molecule has 116 valence electrons. The maximum atomic E-state index is 9.09. The minimum atomic E-state index is 0.204. The fraction of sp³-hybridized carbons (Fsp3) is 0.467. The Hall–Kier alpha value is -2.12. The van der Waals surface area contributed by atoms with Crippen molar-refractivity contribution in [3.8, 4) is 0 Å². The molecule has 0 saturated carbocycles. The number of anilines is 2. The first kappa shape index (κ1) is 14.8. The van der Waals surface area contributed by atoms with Gasteiger partial charge in [-0.05, 0) is 25.5 Å². The summed E-state index contributed by atoms with van der Waals surface area (Å²) in [6.07, 6.45) is 8.90. The van der Waals surface area contributed by atoms with Crippen molar-refractivity contribution in [2.75, 3.05) is 31.6 Å². The number of hydrogen-bond donors (Lipinski definition) is 2. The SMILES string of the molecule is OCCN1CCCC(c2ccnc(Nc3cnccn3)n2)C1. The Labute approximate surface area is 129 Å². The zero-order chi connectivity index (χ0) is 15.2. The van der Waals surface area contributed by atoms with E-state index in [1.807, 2.05) is 6.07 Å². The van der Waals surface area contributed by atoms with E-state index in [1.54, 1.807) is 24.8 Å². The Bertz CT molecular complexity index is 592. The molecule has 1 atom stereocenters. The largest absolute Gasteiger partial charge is 0.395 e. The Morgan fingerprint density at radius 1 is 1.27 bits per heavy atom. The van der Waals surface area contributed by atoms with Crippen molar-refractivity contribution in [2.24, 2.45) is 0 Å². The van der Waals surface area contributed by atoms with Crippen molar-refractivity contribution in [3.63, 3.8) is 0 Å². The summed E-state index contributed by atoms with van der Waals surface area (Å²) in [6.45, 7) is 2.91. The predicted molar refractivity (Wildman–Crippen MR) is 82.8 cm³/mol. The van der Waals surface area contributed by atoms with Crippen molar-refractivity contribution >= 4 is 11.8 Å². The van der Waals surface area contributed by atoms with Crippen LogP contribution in [0.15, 0.2) is 30.9 Å². The molecule has 3 heterocycles. The minimum absolute atomic E-state index is 0.204. The third-order valence-electron chi connectivity index (χ3n) is 3.82. The zero-order valence-electron chi connectivity index (χ0n) is 12.4. The number of nitrogens with one attached hydrogen (secondary N) is 1. The summed E-state index contributed by atoms with van der Waals surface area (Å²) >= 11 is 0. The molecule has 2 aromatic rings. The van der Waals surface area contributed by atoms with Crippen molar-refractivity contribution < 1.29 is 5.11 Å². The second kappa shape index (κ2) is 7.24. The summed E-state index contributed by atoms with van der Waals surface area (Å²) in [4.78, 5) is 19.3. The molecule has 1 aliphatic rings. The highest BCUT2D eigenvalue weighted by Crippen LogP contribution is 2.25. The average Bonchev–Trinajstić information content (AvgIpc) is 2.57. The van der Waals surface area contributed by atoms with Gasteiger partial charge in [-0.25, -0.2) is 15.0 Å². The molecule has 0 spiro atoms. The summed E-state index contributed by atoms with van der Waals surface area (Å²) in [5.41, 5.74) is 1.03. The second-order valence-electron chi connectivity index (χ2n) is 5.38. The highest BCUT2D eigenvalue weighted by atomic mass is 16.3. The third-order valence-corrected chi connectivity index (χ3v) is 3.82. The van der Waals surface area contributed by atoms with E-state index in [2.05, 4.69) is 30.2 Å². The standard InChI is InChI=1S/C15H20N6O/c22-9-8-21-7-1-2-12(11-21)13-3-4-18-15(19-13)20-14-10-16-5-6-17-14/h3-6,10,12,22H,1-2,7-9,11H2,(H,17,18,19,20). The van der Waals surface area contributed by atoms with Gasteiger partial charge < -0.3 is 15.3 Å². The lowest BCUT2D eigenvalue weighted by Gasteiger charge is -2.31. The minimum Gasteiger partial charge on any atom is -0.395 e. The van der Waals surface area contributed by atoms with E-state index in [9.17, 15) is 0 Å². The van der Waals surface area contributed by atoms with E-state index in [4.69, 9.17) is 5.11 Å². The fourth-order valence-corrected chi connectivity index (χ4v) is 2.78. The Balaban J connectivity index is 1.70. The number of rotatable bonds is 5. The van der Waals surface area contributed by atoms with E-state index >= 15 is 0 Å². The number of aromatic nitrogens is 4. The summed E-state index contributed by atoms with van der Waals surface area (Å²) in [7, 11) is 0. The first-order valence-electron chi connectivity index (χ1n) is 7.54. The van der Waals surface area contributed by atoms with Crippen LogP contribution in [0, 0.1) is 0 Å². The van der Waals surface area contributed by atoms with Gasteiger partial charge in [-0.15, -0.1) is 0 Å².